The molecule has 0 aliphatic carbocycles. The third-order valence-corrected chi connectivity index (χ3v) is 5.85. The van der Waals surface area contributed by atoms with Gasteiger partial charge in [0.05, 0.1) is 12.1 Å². The molecule has 0 radical (unpaired) electrons. The van der Waals surface area contributed by atoms with Gasteiger partial charge in [-0.3, -0.25) is 19.4 Å². The molecule has 0 unspecified atom stereocenters. The Labute approximate surface area is 173 Å². The Morgan fingerprint density at radius 2 is 1.14 bits per heavy atom. The summed E-state index contributed by atoms with van der Waals surface area (Å²) in [4.78, 5) is 41.8. The van der Waals surface area contributed by atoms with Crippen molar-refractivity contribution >= 4 is 35.2 Å². The van der Waals surface area contributed by atoms with E-state index in [0.717, 1.165) is 20.9 Å². The molecule has 2 aliphatic heterocycles. The van der Waals surface area contributed by atoms with Gasteiger partial charge in [0.15, 0.2) is 10.5 Å². The predicted octanol–water partition coefficient (Wildman–Crippen LogP) is 1.98. The Morgan fingerprint density at radius 1 is 0.759 bits per heavy atom. The Morgan fingerprint density at radius 3 is 1.52 bits per heavy atom. The van der Waals surface area contributed by atoms with Gasteiger partial charge in [0.1, 0.15) is 0 Å². The summed E-state index contributed by atoms with van der Waals surface area (Å²) in [7, 11) is 2.79. The summed E-state index contributed by atoms with van der Waals surface area (Å²) in [5.41, 5.74) is -0.173. The maximum Gasteiger partial charge on any atom is 0.332 e. The van der Waals surface area contributed by atoms with Crippen molar-refractivity contribution in [1.29, 1.82) is 0 Å². The van der Waals surface area contributed by atoms with Gasteiger partial charge in [0.2, 0.25) is 0 Å². The van der Waals surface area contributed by atoms with E-state index in [2.05, 4.69) is 10.6 Å². The highest BCUT2D eigenvalue weighted by Crippen LogP contribution is 2.50. The van der Waals surface area contributed by atoms with Gasteiger partial charge in [0.25, 0.3) is 11.8 Å². The molecule has 8 heteroatoms. The van der Waals surface area contributed by atoms with Gasteiger partial charge in [-0.1, -0.05) is 60.7 Å². The minimum Gasteiger partial charge on any atom is -0.354 e. The predicted molar refractivity (Wildman–Crippen MR) is 111 cm³/mol. The van der Waals surface area contributed by atoms with Crippen LogP contribution in [0.1, 0.15) is 23.2 Å². The minimum atomic E-state index is -1.64. The standard InChI is InChI=1S/C21H20N4O3S/c1-24-17(26)21(18(27)25(2)20(24)28)15(13-9-5-3-6-10-13)22-19(29)23-16(21)14-11-7-4-8-12-14/h3-12,15-16H,1-2H3,(H2,22,23,29)/t15-,16-/m1/s1. The number of nitrogens with zero attached hydrogens (tertiary/aromatic N) is 2. The zero-order valence-corrected chi connectivity index (χ0v) is 16.8. The van der Waals surface area contributed by atoms with E-state index < -0.39 is 35.3 Å². The van der Waals surface area contributed by atoms with Crippen LogP contribution in [0.3, 0.4) is 0 Å². The number of hydrogen-bond donors (Lipinski definition) is 2. The number of benzene rings is 2. The van der Waals surface area contributed by atoms with Crippen LogP contribution in [0.25, 0.3) is 0 Å². The first-order chi connectivity index (χ1) is 13.9. The average molecular weight is 408 g/mol. The van der Waals surface area contributed by atoms with Gasteiger partial charge in [-0.25, -0.2) is 4.79 Å². The van der Waals surface area contributed by atoms with Crippen molar-refractivity contribution in [1.82, 2.24) is 20.4 Å². The maximum absolute atomic E-state index is 13.7. The first-order valence-electron chi connectivity index (χ1n) is 9.16. The van der Waals surface area contributed by atoms with Crippen LogP contribution in [0.5, 0.6) is 0 Å². The Bertz CT molecular complexity index is 918. The van der Waals surface area contributed by atoms with Gasteiger partial charge in [0, 0.05) is 14.1 Å². The van der Waals surface area contributed by atoms with Crippen molar-refractivity contribution in [3.8, 4) is 0 Å². The van der Waals surface area contributed by atoms with Crippen LogP contribution < -0.4 is 10.6 Å². The lowest BCUT2D eigenvalue weighted by molar-refractivity contribution is -0.163. The Balaban J connectivity index is 2.00. The second-order valence-electron chi connectivity index (χ2n) is 7.19. The molecule has 148 valence electrons. The van der Waals surface area contributed by atoms with Crippen molar-refractivity contribution < 1.29 is 14.4 Å². The van der Waals surface area contributed by atoms with Crippen LogP contribution in [0.15, 0.2) is 60.7 Å². The van der Waals surface area contributed by atoms with Crippen LogP contribution in [0.4, 0.5) is 4.79 Å². The molecule has 2 aromatic carbocycles. The Hall–Kier alpha value is -3.26. The zero-order chi connectivity index (χ0) is 20.8. The van der Waals surface area contributed by atoms with Crippen LogP contribution >= 0.6 is 12.2 Å². The fourth-order valence-electron chi connectivity index (χ4n) is 4.22. The average Bonchev–Trinajstić information content (AvgIpc) is 2.76. The lowest BCUT2D eigenvalue weighted by atomic mass is 9.65. The number of amides is 4. The van der Waals surface area contributed by atoms with Gasteiger partial charge in [-0.15, -0.1) is 0 Å². The minimum absolute atomic E-state index is 0.334. The molecule has 4 amide bonds. The monoisotopic (exact) mass is 408 g/mol. The second kappa shape index (κ2) is 6.97. The molecule has 0 saturated carbocycles. The molecule has 29 heavy (non-hydrogen) atoms. The van der Waals surface area contributed by atoms with Gasteiger partial charge in [-0.2, -0.15) is 0 Å². The van der Waals surface area contributed by atoms with Crippen molar-refractivity contribution in [2.24, 2.45) is 5.41 Å². The largest absolute Gasteiger partial charge is 0.354 e. The van der Waals surface area contributed by atoms with Gasteiger partial charge in [-0.05, 0) is 23.3 Å². The van der Waals surface area contributed by atoms with Gasteiger partial charge < -0.3 is 10.6 Å². The molecular weight excluding hydrogens is 388 g/mol. The summed E-state index contributed by atoms with van der Waals surface area (Å²) >= 11 is 5.43. The molecule has 1 spiro atoms. The molecule has 2 N–H and O–H groups in total. The van der Waals surface area contributed by atoms with E-state index in [1.807, 2.05) is 60.7 Å². The molecule has 4 rings (SSSR count). The molecular formula is C21H20N4O3S. The van der Waals surface area contributed by atoms with Crippen LogP contribution in [0.2, 0.25) is 0 Å². The number of thiocarbonyl (C=S) groups is 1. The van der Waals surface area contributed by atoms with E-state index in [1.165, 1.54) is 14.1 Å². The number of nitrogens with one attached hydrogen (secondary N) is 2. The highest BCUT2D eigenvalue weighted by Gasteiger charge is 2.66. The summed E-state index contributed by atoms with van der Waals surface area (Å²) in [6.45, 7) is 0. The van der Waals surface area contributed by atoms with Crippen LogP contribution in [-0.4, -0.2) is 46.9 Å². The topological polar surface area (TPSA) is 81.8 Å². The lowest BCUT2D eigenvalue weighted by Gasteiger charge is -2.52. The number of carbonyl (C=O) groups is 3. The first kappa shape index (κ1) is 19.1. The van der Waals surface area contributed by atoms with Crippen molar-refractivity contribution in [2.75, 3.05) is 14.1 Å². The molecule has 2 saturated heterocycles. The van der Waals surface area contributed by atoms with E-state index in [4.69, 9.17) is 12.2 Å². The molecule has 2 atom stereocenters. The number of hydrogen-bond acceptors (Lipinski definition) is 4. The number of imide groups is 2. The number of barbiturate groups is 1. The zero-order valence-electron chi connectivity index (χ0n) is 16.0. The molecule has 2 heterocycles. The van der Waals surface area contributed by atoms with Crippen molar-refractivity contribution in [3.63, 3.8) is 0 Å². The van der Waals surface area contributed by atoms with Crippen LogP contribution in [0, 0.1) is 5.41 Å². The van der Waals surface area contributed by atoms with E-state index in [0.29, 0.717) is 5.11 Å². The Kier molecular flexibility index (Phi) is 4.58. The SMILES string of the molecule is CN1C(=O)N(C)C(=O)C2(C1=O)[C@@H](c1ccccc1)NC(=S)N[C@@H]2c1ccccc1. The van der Waals surface area contributed by atoms with E-state index >= 15 is 0 Å². The molecule has 2 aromatic rings. The summed E-state index contributed by atoms with van der Waals surface area (Å²) < 4.78 is 0. The fraction of sp³-hybridized carbons (Fsp3) is 0.238. The maximum atomic E-state index is 13.7. The third-order valence-electron chi connectivity index (χ3n) is 5.62. The highest BCUT2D eigenvalue weighted by molar-refractivity contribution is 7.80. The van der Waals surface area contributed by atoms with Crippen LogP contribution in [-0.2, 0) is 9.59 Å². The highest BCUT2D eigenvalue weighted by atomic mass is 32.1. The fourth-order valence-corrected chi connectivity index (χ4v) is 4.46. The normalized spacial score (nSPS) is 23.8. The second-order valence-corrected chi connectivity index (χ2v) is 7.59. The third kappa shape index (κ3) is 2.71. The van der Waals surface area contributed by atoms with Crippen molar-refractivity contribution in [2.45, 2.75) is 12.1 Å². The lowest BCUT2D eigenvalue weighted by Crippen LogP contribution is -2.73. The van der Waals surface area contributed by atoms with E-state index in [1.54, 1.807) is 0 Å². The summed E-state index contributed by atoms with van der Waals surface area (Å²) in [5.74, 6) is -1.15. The summed E-state index contributed by atoms with van der Waals surface area (Å²) in [5, 5.41) is 6.58. The van der Waals surface area contributed by atoms with Crippen molar-refractivity contribution in [3.05, 3.63) is 71.8 Å². The quantitative estimate of drug-likeness (QED) is 0.584. The number of carbonyl (C=O) groups excluding carboxylic acids is 3. The molecule has 0 bridgehead atoms. The number of rotatable bonds is 2. The van der Waals surface area contributed by atoms with E-state index in [9.17, 15) is 14.4 Å². The molecule has 2 fully saturated rings. The first-order valence-corrected chi connectivity index (χ1v) is 9.57. The van der Waals surface area contributed by atoms with E-state index in [-0.39, 0.29) is 0 Å². The molecule has 0 aromatic heterocycles. The smallest absolute Gasteiger partial charge is 0.332 e. The summed E-state index contributed by atoms with van der Waals surface area (Å²) in [6.07, 6.45) is 0. The summed E-state index contributed by atoms with van der Waals surface area (Å²) in [6, 6.07) is 16.3. The molecule has 7 nitrogen and oxygen atoms in total. The molecule has 2 aliphatic rings. The van der Waals surface area contributed by atoms with Gasteiger partial charge >= 0.3 is 6.03 Å². The number of urea groups is 1.